The Hall–Kier alpha value is -1.94. The summed E-state index contributed by atoms with van der Waals surface area (Å²) in [5, 5.41) is 3.22. The van der Waals surface area contributed by atoms with Gasteiger partial charge in [0, 0.05) is 18.8 Å². The summed E-state index contributed by atoms with van der Waals surface area (Å²) in [6.07, 6.45) is 0. The lowest BCUT2D eigenvalue weighted by atomic mass is 10.1. The number of nitrogens with one attached hydrogen (secondary N) is 1. The highest BCUT2D eigenvalue weighted by atomic mass is 19.1. The van der Waals surface area contributed by atoms with E-state index >= 15 is 0 Å². The SMILES string of the molecule is CCNCc1cccc(F)c1N(CC)c1ccc(F)cc1. The second-order valence-corrected chi connectivity index (χ2v) is 4.75. The van der Waals surface area contributed by atoms with Gasteiger partial charge >= 0.3 is 0 Å². The van der Waals surface area contributed by atoms with Gasteiger partial charge in [0.1, 0.15) is 11.6 Å². The van der Waals surface area contributed by atoms with Crippen molar-refractivity contribution < 1.29 is 8.78 Å². The van der Waals surface area contributed by atoms with Gasteiger partial charge in [-0.3, -0.25) is 0 Å². The average Bonchev–Trinajstić information content (AvgIpc) is 2.49. The van der Waals surface area contributed by atoms with Crippen molar-refractivity contribution in [1.29, 1.82) is 0 Å². The predicted molar refractivity (Wildman–Crippen MR) is 82.9 cm³/mol. The smallest absolute Gasteiger partial charge is 0.147 e. The number of benzene rings is 2. The molecular formula is C17H20F2N2. The summed E-state index contributed by atoms with van der Waals surface area (Å²) in [6, 6.07) is 11.2. The molecule has 0 atom stereocenters. The van der Waals surface area contributed by atoms with Crippen molar-refractivity contribution in [2.75, 3.05) is 18.0 Å². The molecule has 4 heteroatoms. The highest BCUT2D eigenvalue weighted by molar-refractivity contribution is 5.67. The zero-order valence-electron chi connectivity index (χ0n) is 12.4. The fourth-order valence-corrected chi connectivity index (χ4v) is 2.36. The highest BCUT2D eigenvalue weighted by Gasteiger charge is 2.16. The van der Waals surface area contributed by atoms with Gasteiger partial charge in [-0.05, 0) is 49.4 Å². The molecule has 112 valence electrons. The summed E-state index contributed by atoms with van der Waals surface area (Å²) >= 11 is 0. The average molecular weight is 290 g/mol. The number of rotatable bonds is 6. The Morgan fingerprint density at radius 2 is 1.71 bits per heavy atom. The van der Waals surface area contributed by atoms with Crippen LogP contribution in [0.2, 0.25) is 0 Å². The molecule has 2 aromatic carbocycles. The van der Waals surface area contributed by atoms with E-state index in [0.29, 0.717) is 18.8 Å². The first-order valence-electron chi connectivity index (χ1n) is 7.18. The number of halogens is 2. The maximum absolute atomic E-state index is 14.3. The standard InChI is InChI=1S/C17H20F2N2/c1-3-20-12-13-6-5-7-16(19)17(13)21(4-2)15-10-8-14(18)9-11-15/h5-11,20H,3-4,12H2,1-2H3. The maximum Gasteiger partial charge on any atom is 0.147 e. The molecule has 0 aliphatic rings. The van der Waals surface area contributed by atoms with Gasteiger partial charge < -0.3 is 10.2 Å². The van der Waals surface area contributed by atoms with Gasteiger partial charge in [-0.1, -0.05) is 19.1 Å². The fourth-order valence-electron chi connectivity index (χ4n) is 2.36. The van der Waals surface area contributed by atoms with E-state index in [1.807, 2.05) is 24.8 Å². The molecule has 0 amide bonds. The molecule has 0 fully saturated rings. The van der Waals surface area contributed by atoms with E-state index in [1.54, 1.807) is 18.2 Å². The van der Waals surface area contributed by atoms with E-state index in [9.17, 15) is 8.78 Å². The Kier molecular flexibility index (Phi) is 5.28. The van der Waals surface area contributed by atoms with Gasteiger partial charge in [-0.15, -0.1) is 0 Å². The lowest BCUT2D eigenvalue weighted by molar-refractivity contribution is 0.619. The van der Waals surface area contributed by atoms with Gasteiger partial charge in [0.15, 0.2) is 0 Å². The van der Waals surface area contributed by atoms with Crippen LogP contribution in [0.5, 0.6) is 0 Å². The van der Waals surface area contributed by atoms with E-state index < -0.39 is 0 Å². The Balaban J connectivity index is 2.43. The van der Waals surface area contributed by atoms with Crippen molar-refractivity contribution in [3.8, 4) is 0 Å². The minimum atomic E-state index is -0.295. The zero-order valence-corrected chi connectivity index (χ0v) is 12.4. The van der Waals surface area contributed by atoms with Gasteiger partial charge in [0.05, 0.1) is 5.69 Å². The normalized spacial score (nSPS) is 10.7. The third-order valence-electron chi connectivity index (χ3n) is 3.36. The van der Waals surface area contributed by atoms with Gasteiger partial charge in [-0.25, -0.2) is 8.78 Å². The van der Waals surface area contributed by atoms with Crippen LogP contribution in [0.3, 0.4) is 0 Å². The van der Waals surface area contributed by atoms with Crippen molar-refractivity contribution in [2.24, 2.45) is 0 Å². The van der Waals surface area contributed by atoms with Crippen LogP contribution < -0.4 is 10.2 Å². The quantitative estimate of drug-likeness (QED) is 0.856. The molecule has 2 aromatic rings. The molecule has 0 unspecified atom stereocenters. The zero-order chi connectivity index (χ0) is 15.2. The van der Waals surface area contributed by atoms with Crippen molar-refractivity contribution in [1.82, 2.24) is 5.32 Å². The van der Waals surface area contributed by atoms with Crippen LogP contribution in [0.1, 0.15) is 19.4 Å². The summed E-state index contributed by atoms with van der Waals surface area (Å²) in [7, 11) is 0. The lowest BCUT2D eigenvalue weighted by Gasteiger charge is -2.26. The van der Waals surface area contributed by atoms with Crippen molar-refractivity contribution in [2.45, 2.75) is 20.4 Å². The Labute approximate surface area is 124 Å². The summed E-state index contributed by atoms with van der Waals surface area (Å²) < 4.78 is 27.4. The lowest BCUT2D eigenvalue weighted by Crippen LogP contribution is -2.21. The van der Waals surface area contributed by atoms with E-state index in [1.165, 1.54) is 18.2 Å². The Morgan fingerprint density at radius 1 is 1.00 bits per heavy atom. The van der Waals surface area contributed by atoms with Gasteiger partial charge in [0.2, 0.25) is 0 Å². The van der Waals surface area contributed by atoms with Crippen LogP contribution >= 0.6 is 0 Å². The van der Waals surface area contributed by atoms with Gasteiger partial charge in [0.25, 0.3) is 0 Å². The molecule has 0 spiro atoms. The van der Waals surface area contributed by atoms with Crippen molar-refractivity contribution in [3.63, 3.8) is 0 Å². The molecule has 0 radical (unpaired) electrons. The molecule has 0 heterocycles. The summed E-state index contributed by atoms with van der Waals surface area (Å²) in [6.45, 7) is 5.98. The second-order valence-electron chi connectivity index (χ2n) is 4.75. The molecule has 0 saturated heterocycles. The van der Waals surface area contributed by atoms with E-state index in [2.05, 4.69) is 5.32 Å². The van der Waals surface area contributed by atoms with E-state index in [0.717, 1.165) is 17.8 Å². The minimum absolute atomic E-state index is 0.267. The van der Waals surface area contributed by atoms with E-state index in [-0.39, 0.29) is 11.6 Å². The molecule has 1 N–H and O–H groups in total. The molecule has 0 saturated carbocycles. The van der Waals surface area contributed by atoms with Crippen LogP contribution in [0.15, 0.2) is 42.5 Å². The number of nitrogens with zero attached hydrogens (tertiary/aromatic N) is 1. The number of hydrogen-bond acceptors (Lipinski definition) is 2. The molecule has 2 nitrogen and oxygen atoms in total. The number of para-hydroxylation sites is 1. The second kappa shape index (κ2) is 7.18. The molecular weight excluding hydrogens is 270 g/mol. The van der Waals surface area contributed by atoms with Gasteiger partial charge in [-0.2, -0.15) is 0 Å². The monoisotopic (exact) mass is 290 g/mol. The summed E-state index contributed by atoms with van der Waals surface area (Å²) in [4.78, 5) is 1.86. The van der Waals surface area contributed by atoms with Crippen LogP contribution in [-0.2, 0) is 6.54 Å². The topological polar surface area (TPSA) is 15.3 Å². The molecule has 0 aromatic heterocycles. The third-order valence-corrected chi connectivity index (χ3v) is 3.36. The molecule has 21 heavy (non-hydrogen) atoms. The first-order valence-corrected chi connectivity index (χ1v) is 7.18. The molecule has 0 aliphatic carbocycles. The van der Waals surface area contributed by atoms with Crippen LogP contribution in [0.25, 0.3) is 0 Å². The molecule has 0 bridgehead atoms. The fraction of sp³-hybridized carbons (Fsp3) is 0.294. The first kappa shape index (κ1) is 15.4. The van der Waals surface area contributed by atoms with Crippen LogP contribution in [0, 0.1) is 11.6 Å². The third kappa shape index (κ3) is 3.58. The summed E-state index contributed by atoms with van der Waals surface area (Å²) in [5.41, 5.74) is 2.22. The summed E-state index contributed by atoms with van der Waals surface area (Å²) in [5.74, 6) is -0.562. The largest absolute Gasteiger partial charge is 0.339 e. The minimum Gasteiger partial charge on any atom is -0.339 e. The molecule has 0 aliphatic heterocycles. The van der Waals surface area contributed by atoms with Crippen molar-refractivity contribution >= 4 is 11.4 Å². The predicted octanol–water partition coefficient (Wildman–Crippen LogP) is 4.23. The van der Waals surface area contributed by atoms with Crippen molar-refractivity contribution in [3.05, 3.63) is 59.7 Å². The maximum atomic E-state index is 14.3. The van der Waals surface area contributed by atoms with E-state index in [4.69, 9.17) is 0 Å². The Bertz CT molecular complexity index is 582. The number of hydrogen-bond donors (Lipinski definition) is 1. The Morgan fingerprint density at radius 3 is 2.33 bits per heavy atom. The molecule has 2 rings (SSSR count). The number of anilines is 2. The van der Waals surface area contributed by atoms with Crippen LogP contribution in [-0.4, -0.2) is 13.1 Å². The first-order chi connectivity index (χ1) is 10.2. The highest BCUT2D eigenvalue weighted by Crippen LogP contribution is 2.31. The van der Waals surface area contributed by atoms with Crippen LogP contribution in [0.4, 0.5) is 20.2 Å².